The monoisotopic (exact) mass is 725 g/mol. The average Bonchev–Trinajstić information content (AvgIpc) is 3.05. The van der Waals surface area contributed by atoms with Crippen molar-refractivity contribution in [1.82, 2.24) is 15.3 Å². The Hall–Kier alpha value is -4.43. The molecule has 13 heteroatoms. The summed E-state index contributed by atoms with van der Waals surface area (Å²) in [5.41, 5.74) is 4.32. The molecule has 2 heterocycles. The number of halogens is 2. The Labute approximate surface area is 285 Å². The van der Waals surface area contributed by atoms with Crippen LogP contribution in [0.5, 0.6) is 11.8 Å². The molecule has 5 N–H and O–H groups in total. The number of nitrogens with one attached hydrogen (secondary N) is 1. The highest BCUT2D eigenvalue weighted by Crippen LogP contribution is 2.40. The van der Waals surface area contributed by atoms with Crippen LogP contribution in [0.3, 0.4) is 0 Å². The van der Waals surface area contributed by atoms with Gasteiger partial charge < -0.3 is 35.2 Å². The quantitative estimate of drug-likeness (QED) is 0.0934. The lowest BCUT2D eigenvalue weighted by Crippen LogP contribution is -2.28. The van der Waals surface area contributed by atoms with E-state index in [2.05, 4.69) is 31.2 Å². The number of hydrogen-bond donors (Lipinski definition) is 5. The second-order valence-electron chi connectivity index (χ2n) is 11.1. The molecular weight excluding hydrogens is 689 g/mol. The molecule has 0 bridgehead atoms. The van der Waals surface area contributed by atoms with E-state index in [1.54, 1.807) is 48.5 Å². The second-order valence-corrected chi connectivity index (χ2v) is 11.9. The first kappa shape index (κ1) is 36.4. The summed E-state index contributed by atoms with van der Waals surface area (Å²) in [7, 11) is 2.97. The van der Waals surface area contributed by atoms with Crippen molar-refractivity contribution < 1.29 is 43.9 Å². The molecule has 0 saturated carbocycles. The van der Waals surface area contributed by atoms with Crippen LogP contribution < -0.4 is 14.8 Å². The number of aryl methyl sites for hydroxylation is 1. The third kappa shape index (κ3) is 9.34. The van der Waals surface area contributed by atoms with E-state index in [1.165, 1.54) is 14.2 Å². The Kier molecular flexibility index (Phi) is 13.0. The van der Waals surface area contributed by atoms with E-state index in [9.17, 15) is 19.8 Å². The summed E-state index contributed by atoms with van der Waals surface area (Å²) in [4.78, 5) is 30.8. The fourth-order valence-corrected chi connectivity index (χ4v) is 5.95. The molecule has 0 saturated heterocycles. The van der Waals surface area contributed by atoms with Crippen LogP contribution in [0.25, 0.3) is 33.6 Å². The number of aliphatic carboxylic acids is 2. The molecule has 4 rings (SSSR count). The highest BCUT2D eigenvalue weighted by Gasteiger charge is 2.19. The third-order valence-electron chi connectivity index (χ3n) is 7.60. The Morgan fingerprint density at radius 3 is 1.98 bits per heavy atom. The summed E-state index contributed by atoms with van der Waals surface area (Å²) >= 11 is 3.67. The Bertz CT molecular complexity index is 1630. The lowest BCUT2D eigenvalue weighted by molar-refractivity contribution is -0.140. The largest absolute Gasteiger partial charge is 0.481 e. The van der Waals surface area contributed by atoms with Gasteiger partial charge in [0.05, 0.1) is 50.7 Å². The first-order valence-corrected chi connectivity index (χ1v) is 16.0. The van der Waals surface area contributed by atoms with Crippen LogP contribution in [0, 0.1) is 5.82 Å². The Morgan fingerprint density at radius 1 is 0.792 bits per heavy atom. The van der Waals surface area contributed by atoms with Gasteiger partial charge in [0.25, 0.3) is 0 Å². The number of ether oxygens (including phenoxy) is 2. The van der Waals surface area contributed by atoms with Gasteiger partial charge in [0.15, 0.2) is 0 Å². The average molecular weight is 727 g/mol. The van der Waals surface area contributed by atoms with Crippen molar-refractivity contribution in [1.29, 1.82) is 0 Å². The van der Waals surface area contributed by atoms with E-state index in [4.69, 9.17) is 19.7 Å². The molecule has 4 aromatic rings. The summed E-state index contributed by atoms with van der Waals surface area (Å²) in [5.74, 6) is -1.95. The molecule has 0 amide bonds. The van der Waals surface area contributed by atoms with Crippen LogP contribution in [0.4, 0.5) is 4.39 Å². The fourth-order valence-electron chi connectivity index (χ4n) is 5.27. The van der Waals surface area contributed by atoms with E-state index in [1.807, 2.05) is 12.1 Å². The number of carboxylic acids is 2. The lowest BCUT2D eigenvalue weighted by Gasteiger charge is -2.15. The molecule has 0 spiro atoms. The maximum absolute atomic E-state index is 16.2. The summed E-state index contributed by atoms with van der Waals surface area (Å²) in [6, 6.07) is 17.6. The number of rotatable bonds is 17. The zero-order chi connectivity index (χ0) is 34.8. The van der Waals surface area contributed by atoms with Crippen LogP contribution in [0.1, 0.15) is 36.8 Å². The van der Waals surface area contributed by atoms with Crippen LogP contribution in [0.15, 0.2) is 65.1 Å². The molecule has 48 heavy (non-hydrogen) atoms. The van der Waals surface area contributed by atoms with Crippen LogP contribution in [0.2, 0.25) is 0 Å². The van der Waals surface area contributed by atoms with E-state index >= 15 is 4.39 Å². The number of benzene rings is 2. The van der Waals surface area contributed by atoms with Gasteiger partial charge in [0.1, 0.15) is 5.82 Å². The summed E-state index contributed by atoms with van der Waals surface area (Å²) < 4.78 is 27.8. The zero-order valence-corrected chi connectivity index (χ0v) is 28.0. The van der Waals surface area contributed by atoms with E-state index in [0.29, 0.717) is 75.7 Å². The topological polar surface area (TPSA) is 171 Å². The second kappa shape index (κ2) is 17.1. The van der Waals surface area contributed by atoms with Gasteiger partial charge in [-0.05, 0) is 59.0 Å². The first-order valence-electron chi connectivity index (χ1n) is 15.2. The number of pyridine rings is 2. The number of nitrogens with zero attached hydrogens (tertiary/aromatic N) is 2. The molecule has 0 radical (unpaired) electrons. The van der Waals surface area contributed by atoms with E-state index in [-0.39, 0.29) is 24.9 Å². The number of carboxylic acid groups (broad SMARTS) is 2. The highest BCUT2D eigenvalue weighted by atomic mass is 79.9. The van der Waals surface area contributed by atoms with Crippen molar-refractivity contribution in [3.63, 3.8) is 0 Å². The summed E-state index contributed by atoms with van der Waals surface area (Å²) in [5, 5.41) is 40.4. The van der Waals surface area contributed by atoms with Crippen molar-refractivity contribution in [3.05, 3.63) is 82.1 Å². The molecule has 0 aliphatic carbocycles. The number of aliphatic hydroxyl groups excluding tert-OH is 2. The molecule has 254 valence electrons. The number of carbonyl (C=O) groups is 2. The van der Waals surface area contributed by atoms with Gasteiger partial charge in [0, 0.05) is 45.4 Å². The highest BCUT2D eigenvalue weighted by molar-refractivity contribution is 9.10. The smallest absolute Gasteiger partial charge is 0.306 e. The van der Waals surface area contributed by atoms with Crippen LogP contribution in [-0.2, 0) is 22.6 Å². The van der Waals surface area contributed by atoms with Gasteiger partial charge in [-0.25, -0.2) is 14.4 Å². The number of methoxy groups -OCH3 is 2. The molecular formula is C35H37BrFN3O8. The standard InChI is InChI=1S/C35H37BrFN3O8/c1-47-34-20(6-3-7-22(41)16-30(43)44)12-14-29(40-34)27-11-5-9-25(33(27)37)24-8-4-10-26(32(24)36)28-15-13-21(35(39-28)48-2)18-38-19-23(42)17-31(45)46/h4-5,8-15,22-23,38,41-42H,3,6-7,16-19H2,1-2H3,(H,43,44)(H,45,46)/t22-,23+/m1/s1. The van der Waals surface area contributed by atoms with Gasteiger partial charge >= 0.3 is 11.9 Å². The fraction of sp³-hybridized carbons (Fsp3) is 0.314. The minimum atomic E-state index is -1.08. The Balaban J connectivity index is 1.57. The first-order chi connectivity index (χ1) is 23.0. The number of hydrogen-bond acceptors (Lipinski definition) is 9. The summed E-state index contributed by atoms with van der Waals surface area (Å²) in [6.07, 6.45) is -1.30. The van der Waals surface area contributed by atoms with Crippen molar-refractivity contribution in [3.8, 4) is 45.4 Å². The molecule has 2 aromatic heterocycles. The van der Waals surface area contributed by atoms with Crippen molar-refractivity contribution in [2.45, 2.75) is 50.9 Å². The molecule has 0 fully saturated rings. The van der Waals surface area contributed by atoms with Gasteiger partial charge in [-0.1, -0.05) is 42.5 Å². The maximum atomic E-state index is 16.2. The molecule has 2 atom stereocenters. The van der Waals surface area contributed by atoms with Gasteiger partial charge in [-0.3, -0.25) is 9.59 Å². The van der Waals surface area contributed by atoms with E-state index in [0.717, 1.165) is 5.56 Å². The van der Waals surface area contributed by atoms with Crippen LogP contribution in [-0.4, -0.2) is 75.3 Å². The van der Waals surface area contributed by atoms with Crippen molar-refractivity contribution in [2.75, 3.05) is 20.8 Å². The molecule has 11 nitrogen and oxygen atoms in total. The third-order valence-corrected chi connectivity index (χ3v) is 8.46. The molecule has 0 aliphatic heterocycles. The SMILES string of the molecule is COc1nc(-c2cccc(-c3cccc(-c4ccc(CNC[C@@H](O)CC(=O)O)c(OC)n4)c3Br)c2F)ccc1CCC[C@@H](O)CC(=O)O. The van der Waals surface area contributed by atoms with Crippen LogP contribution >= 0.6 is 15.9 Å². The van der Waals surface area contributed by atoms with Gasteiger partial charge in [0.2, 0.25) is 11.8 Å². The molecule has 0 aliphatic rings. The number of aromatic nitrogens is 2. The van der Waals surface area contributed by atoms with Gasteiger partial charge in [-0.2, -0.15) is 0 Å². The van der Waals surface area contributed by atoms with Gasteiger partial charge in [-0.15, -0.1) is 0 Å². The zero-order valence-electron chi connectivity index (χ0n) is 26.5. The molecule has 2 aromatic carbocycles. The predicted octanol–water partition coefficient (Wildman–Crippen LogP) is 5.48. The minimum absolute atomic E-state index is 0.0864. The van der Waals surface area contributed by atoms with E-state index < -0.39 is 30.0 Å². The minimum Gasteiger partial charge on any atom is -0.481 e. The summed E-state index contributed by atoms with van der Waals surface area (Å²) in [6.45, 7) is 0.380. The van der Waals surface area contributed by atoms with Crippen molar-refractivity contribution >= 4 is 27.9 Å². The van der Waals surface area contributed by atoms with Crippen molar-refractivity contribution in [2.24, 2.45) is 0 Å². The lowest BCUT2D eigenvalue weighted by atomic mass is 9.97. The predicted molar refractivity (Wildman–Crippen MR) is 180 cm³/mol. The normalized spacial score (nSPS) is 12.4. The number of aliphatic hydroxyl groups is 2. The Morgan fingerprint density at radius 2 is 1.33 bits per heavy atom. The molecule has 0 unspecified atom stereocenters. The maximum Gasteiger partial charge on any atom is 0.306 e.